The molecule has 2 aromatic heterocycles. The van der Waals surface area contributed by atoms with Gasteiger partial charge in [0.05, 0.1) is 38.9 Å². The van der Waals surface area contributed by atoms with Crippen LogP contribution in [0.25, 0.3) is 77.2 Å². The van der Waals surface area contributed by atoms with Gasteiger partial charge in [0, 0.05) is 55.1 Å². The van der Waals surface area contributed by atoms with Gasteiger partial charge in [0.15, 0.2) is 5.78 Å². The number of hydrogen-bond donors (Lipinski definition) is 0. The molecule has 2 aliphatic rings. The Balaban J connectivity index is 0.974. The van der Waals surface area contributed by atoms with Crippen molar-refractivity contribution < 1.29 is 4.79 Å². The maximum atomic E-state index is 14.5. The minimum absolute atomic E-state index is 0.0695. The fraction of sp³-hybridized carbons (Fsp3) is 0.0519. The minimum atomic E-state index is -0.807. The Labute approximate surface area is 470 Å². The van der Waals surface area contributed by atoms with E-state index in [9.17, 15) is 4.79 Å². The van der Waals surface area contributed by atoms with Crippen molar-refractivity contribution in [3.8, 4) is 33.6 Å². The number of carbonyl (C=O) groups excluding carboxylic acids is 1. The molecule has 0 amide bonds. The number of hydrogen-bond acceptors (Lipinski definition) is 2. The molecule has 0 saturated heterocycles. The van der Waals surface area contributed by atoms with Crippen LogP contribution in [-0.2, 0) is 10.8 Å². The van der Waals surface area contributed by atoms with Crippen LogP contribution in [0, 0.1) is 0 Å². The van der Waals surface area contributed by atoms with Crippen LogP contribution in [0.4, 0.5) is 17.1 Å². The van der Waals surface area contributed by atoms with Crippen molar-refractivity contribution in [2.75, 3.05) is 4.90 Å². The molecule has 16 rings (SSSR count). The van der Waals surface area contributed by atoms with E-state index in [-0.39, 0.29) is 5.78 Å². The van der Waals surface area contributed by atoms with Crippen molar-refractivity contribution >= 4 is 66.5 Å². The molecule has 0 bridgehead atoms. The second-order valence-corrected chi connectivity index (χ2v) is 22.4. The predicted octanol–water partition coefficient (Wildman–Crippen LogP) is 19.3. The summed E-state index contributed by atoms with van der Waals surface area (Å²) in [5.41, 5.74) is 21.6. The second kappa shape index (κ2) is 17.9. The molecule has 0 atom stereocenters. The lowest BCUT2D eigenvalue weighted by molar-refractivity contribution is 0.103. The number of fused-ring (bicyclic) bond motifs is 10. The zero-order chi connectivity index (χ0) is 54.0. The van der Waals surface area contributed by atoms with E-state index in [2.05, 4.69) is 301 Å². The van der Waals surface area contributed by atoms with Gasteiger partial charge in [-0.1, -0.05) is 196 Å². The van der Waals surface area contributed by atoms with Crippen molar-refractivity contribution in [2.45, 2.75) is 24.7 Å². The van der Waals surface area contributed by atoms with Crippen molar-refractivity contribution in [3.63, 3.8) is 0 Å². The molecule has 382 valence electrons. The van der Waals surface area contributed by atoms with Gasteiger partial charge < -0.3 is 14.0 Å². The summed E-state index contributed by atoms with van der Waals surface area (Å²) in [6, 6.07) is 104. The Hall–Kier alpha value is -10.3. The first-order chi connectivity index (χ1) is 39.9. The summed E-state index contributed by atoms with van der Waals surface area (Å²) >= 11 is 0. The standard InChI is InChI=1S/C77H53N3O/c1-76(2)65-32-18-15-31-61(65)75(81)62-40-39-58(49-66(62)76)80-73-43-37-52(50-35-41-71-63(45-50)59-29-16-19-33-69(59)78(71)56-25-11-5-12-26-56)47-67(73)77(54-21-7-3-8-22-54,55-23-9-4-10-24-55)68-48-53(38-44-74(68)80)51-36-42-72-64(46-51)60-30-17-20-34-70(60)79(72)57-27-13-6-14-28-57/h3-49H,1-2H3. The van der Waals surface area contributed by atoms with Crippen LogP contribution in [0.1, 0.15) is 63.1 Å². The molecule has 0 spiro atoms. The van der Waals surface area contributed by atoms with E-state index in [1.165, 1.54) is 54.7 Å². The normalized spacial score (nSPS) is 14.0. The summed E-state index contributed by atoms with van der Waals surface area (Å²) in [6.45, 7) is 4.52. The number of anilines is 3. The van der Waals surface area contributed by atoms with Gasteiger partial charge in [0.2, 0.25) is 0 Å². The first-order valence-electron chi connectivity index (χ1n) is 28.0. The third kappa shape index (κ3) is 6.87. The zero-order valence-electron chi connectivity index (χ0n) is 44.9. The van der Waals surface area contributed by atoms with Crippen molar-refractivity contribution in [3.05, 3.63) is 330 Å². The van der Waals surface area contributed by atoms with Crippen LogP contribution >= 0.6 is 0 Å². The van der Waals surface area contributed by atoms with E-state index in [0.717, 1.165) is 84.1 Å². The molecule has 0 radical (unpaired) electrons. The zero-order valence-corrected chi connectivity index (χ0v) is 44.9. The quantitative estimate of drug-likeness (QED) is 0.159. The molecule has 14 aromatic rings. The largest absolute Gasteiger partial charge is 0.310 e. The van der Waals surface area contributed by atoms with Gasteiger partial charge in [-0.3, -0.25) is 4.79 Å². The molecule has 0 N–H and O–H groups in total. The smallest absolute Gasteiger partial charge is 0.193 e. The van der Waals surface area contributed by atoms with Gasteiger partial charge in [0.25, 0.3) is 0 Å². The Morgan fingerprint density at radius 2 is 0.704 bits per heavy atom. The number of nitrogens with zero attached hydrogens (tertiary/aromatic N) is 3. The van der Waals surface area contributed by atoms with E-state index in [1.807, 2.05) is 12.1 Å². The highest BCUT2D eigenvalue weighted by Gasteiger charge is 2.47. The summed E-state index contributed by atoms with van der Waals surface area (Å²) in [7, 11) is 0. The average molecular weight is 1040 g/mol. The third-order valence-corrected chi connectivity index (χ3v) is 17.8. The summed E-state index contributed by atoms with van der Waals surface area (Å²) in [5.74, 6) is 0.0695. The van der Waals surface area contributed by atoms with Crippen LogP contribution in [0.5, 0.6) is 0 Å². The number of rotatable bonds is 7. The maximum Gasteiger partial charge on any atom is 0.193 e. The van der Waals surface area contributed by atoms with Crippen LogP contribution < -0.4 is 4.90 Å². The highest BCUT2D eigenvalue weighted by molar-refractivity contribution is 6.14. The Kier molecular flexibility index (Phi) is 10.3. The molecule has 4 heteroatoms. The maximum absolute atomic E-state index is 14.5. The van der Waals surface area contributed by atoms with E-state index >= 15 is 0 Å². The molecule has 4 nitrogen and oxygen atoms in total. The summed E-state index contributed by atoms with van der Waals surface area (Å²) in [4.78, 5) is 16.9. The van der Waals surface area contributed by atoms with Gasteiger partial charge in [-0.05, 0) is 159 Å². The molecule has 1 aliphatic heterocycles. The fourth-order valence-electron chi connectivity index (χ4n) is 14.1. The lowest BCUT2D eigenvalue weighted by atomic mass is 9.61. The molecule has 0 fully saturated rings. The van der Waals surface area contributed by atoms with Crippen molar-refractivity contribution in [2.24, 2.45) is 0 Å². The average Bonchev–Trinajstić information content (AvgIpc) is 4.26. The molecule has 1 aliphatic carbocycles. The predicted molar refractivity (Wildman–Crippen MR) is 335 cm³/mol. The van der Waals surface area contributed by atoms with Crippen LogP contribution in [-0.4, -0.2) is 14.9 Å². The molecule has 3 heterocycles. The van der Waals surface area contributed by atoms with Crippen LogP contribution in [0.2, 0.25) is 0 Å². The van der Waals surface area contributed by atoms with E-state index in [0.29, 0.717) is 0 Å². The van der Waals surface area contributed by atoms with Crippen LogP contribution in [0.15, 0.2) is 285 Å². The highest BCUT2D eigenvalue weighted by Crippen LogP contribution is 2.60. The first kappa shape index (κ1) is 46.8. The van der Waals surface area contributed by atoms with E-state index in [1.54, 1.807) is 0 Å². The van der Waals surface area contributed by atoms with Crippen LogP contribution in [0.3, 0.4) is 0 Å². The molecule has 81 heavy (non-hydrogen) atoms. The number of para-hydroxylation sites is 4. The fourth-order valence-corrected chi connectivity index (χ4v) is 14.1. The number of aromatic nitrogens is 2. The number of benzene rings is 12. The molecular formula is C77H53N3O. The molecule has 12 aromatic carbocycles. The van der Waals surface area contributed by atoms with E-state index in [4.69, 9.17) is 0 Å². The summed E-state index contributed by atoms with van der Waals surface area (Å²) in [5, 5.41) is 4.84. The lowest BCUT2D eigenvalue weighted by Gasteiger charge is -2.47. The minimum Gasteiger partial charge on any atom is -0.310 e. The third-order valence-electron chi connectivity index (χ3n) is 17.8. The summed E-state index contributed by atoms with van der Waals surface area (Å²) in [6.07, 6.45) is 0. The SMILES string of the molecule is CC1(C)c2ccccc2C(=O)c2ccc(N3c4ccc(-c5ccc6c(c5)c5ccccc5n6-c5ccccc5)cc4C(c4ccccc4)(c4ccccc4)c4cc(-c5ccc6c(c5)c5ccccc5n6-c5ccccc5)ccc43)cc21. The lowest BCUT2D eigenvalue weighted by Crippen LogP contribution is -2.38. The van der Waals surface area contributed by atoms with E-state index < -0.39 is 10.8 Å². The Bertz CT molecular complexity index is 4610. The van der Waals surface area contributed by atoms with Gasteiger partial charge in [0.1, 0.15) is 0 Å². The molecular weight excluding hydrogens is 983 g/mol. The van der Waals surface area contributed by atoms with Gasteiger partial charge in [-0.25, -0.2) is 0 Å². The number of carbonyl (C=O) groups is 1. The first-order valence-corrected chi connectivity index (χ1v) is 28.0. The van der Waals surface area contributed by atoms with Crippen molar-refractivity contribution in [1.82, 2.24) is 9.13 Å². The van der Waals surface area contributed by atoms with Gasteiger partial charge in [-0.2, -0.15) is 0 Å². The monoisotopic (exact) mass is 1040 g/mol. The molecule has 0 saturated carbocycles. The molecule has 0 unspecified atom stereocenters. The number of ketones is 1. The highest BCUT2D eigenvalue weighted by atomic mass is 16.1. The van der Waals surface area contributed by atoms with Gasteiger partial charge in [-0.15, -0.1) is 0 Å². The Morgan fingerprint density at radius 1 is 0.296 bits per heavy atom. The topological polar surface area (TPSA) is 30.2 Å². The van der Waals surface area contributed by atoms with Gasteiger partial charge >= 0.3 is 0 Å². The Morgan fingerprint density at radius 3 is 1.22 bits per heavy atom. The summed E-state index contributed by atoms with van der Waals surface area (Å²) < 4.78 is 4.77. The van der Waals surface area contributed by atoms with Crippen molar-refractivity contribution in [1.29, 1.82) is 0 Å². The second-order valence-electron chi connectivity index (χ2n) is 22.4.